The molecule has 0 spiro atoms. The Morgan fingerprint density at radius 3 is 1.48 bits per heavy atom. The lowest BCUT2D eigenvalue weighted by Crippen LogP contribution is -2.41. The number of phenols is 1. The van der Waals surface area contributed by atoms with Crippen LogP contribution >= 0.6 is 0 Å². The molecule has 3 rings (SSSR count). The second kappa shape index (κ2) is 19.0. The van der Waals surface area contributed by atoms with Gasteiger partial charge in [-0.05, 0) is 79.2 Å². The van der Waals surface area contributed by atoms with Crippen LogP contribution in [0.3, 0.4) is 0 Å². The van der Waals surface area contributed by atoms with Crippen molar-refractivity contribution in [1.29, 1.82) is 0 Å². The number of carbonyl (C=O) groups is 2. The minimum absolute atomic E-state index is 0.155. The molecule has 8 nitrogen and oxygen atoms in total. The fraction of sp³-hybridized carbons (Fsp3) is 0.412. The number of ether oxygens (including phenoxy) is 1. The third kappa shape index (κ3) is 12.5. The van der Waals surface area contributed by atoms with Crippen LogP contribution < -0.4 is 15.6 Å². The Morgan fingerprint density at radius 1 is 0.595 bits per heavy atom. The van der Waals surface area contributed by atoms with E-state index < -0.39 is 11.8 Å². The molecule has 3 aromatic carbocycles. The minimum atomic E-state index is -0.451. The smallest absolute Gasteiger partial charge is 0.269 e. The van der Waals surface area contributed by atoms with Crippen molar-refractivity contribution in [3.63, 3.8) is 0 Å². The molecule has 0 unspecified atom stereocenters. The van der Waals surface area contributed by atoms with Gasteiger partial charge in [0, 0.05) is 11.1 Å². The highest BCUT2D eigenvalue weighted by molar-refractivity contribution is 5.99. The van der Waals surface area contributed by atoms with E-state index in [4.69, 9.17) is 4.74 Å². The summed E-state index contributed by atoms with van der Waals surface area (Å²) in [5, 5.41) is 17.5. The molecule has 8 heteroatoms. The van der Waals surface area contributed by atoms with Crippen molar-refractivity contribution in [1.82, 2.24) is 10.9 Å². The van der Waals surface area contributed by atoms with E-state index in [9.17, 15) is 14.7 Å². The van der Waals surface area contributed by atoms with E-state index in [0.29, 0.717) is 29.1 Å². The fourth-order valence-electron chi connectivity index (χ4n) is 4.41. The van der Waals surface area contributed by atoms with E-state index in [1.165, 1.54) is 82.8 Å². The molecule has 0 saturated heterocycles. The average molecular weight is 573 g/mol. The van der Waals surface area contributed by atoms with E-state index in [0.717, 1.165) is 12.2 Å². The first-order valence-corrected chi connectivity index (χ1v) is 15.2. The van der Waals surface area contributed by atoms with Gasteiger partial charge in [-0.15, -0.1) is 0 Å². The molecular weight excluding hydrogens is 528 g/mol. The van der Waals surface area contributed by atoms with Gasteiger partial charge in [0.1, 0.15) is 11.5 Å². The van der Waals surface area contributed by atoms with E-state index in [-0.39, 0.29) is 5.75 Å². The topological polar surface area (TPSA) is 112 Å². The summed E-state index contributed by atoms with van der Waals surface area (Å²) in [6.07, 6.45) is 15.7. The van der Waals surface area contributed by atoms with Crippen molar-refractivity contribution in [2.45, 2.75) is 84.0 Å². The third-order valence-corrected chi connectivity index (χ3v) is 6.93. The molecule has 0 aliphatic heterocycles. The zero-order valence-corrected chi connectivity index (χ0v) is 24.7. The number of phenolic OH excluding ortho intramolecular Hbond substituents is 1. The average Bonchev–Trinajstić information content (AvgIpc) is 3.02. The molecule has 0 heterocycles. The molecule has 224 valence electrons. The fourth-order valence-corrected chi connectivity index (χ4v) is 4.41. The second-order valence-electron chi connectivity index (χ2n) is 10.4. The molecule has 0 radical (unpaired) electrons. The lowest BCUT2D eigenvalue weighted by molar-refractivity contribution is 0.0846. The van der Waals surface area contributed by atoms with Gasteiger partial charge in [0.15, 0.2) is 0 Å². The van der Waals surface area contributed by atoms with Gasteiger partial charge in [-0.3, -0.25) is 20.4 Å². The Bertz CT molecular complexity index is 1230. The summed E-state index contributed by atoms with van der Waals surface area (Å²) in [5.41, 5.74) is 6.79. The van der Waals surface area contributed by atoms with Crippen LogP contribution in [0.25, 0.3) is 0 Å². The summed E-state index contributed by atoms with van der Waals surface area (Å²) in [4.78, 5) is 24.9. The molecule has 0 saturated carbocycles. The molecule has 0 aliphatic rings. The maximum Gasteiger partial charge on any atom is 0.269 e. The van der Waals surface area contributed by atoms with Crippen molar-refractivity contribution in [3.8, 4) is 11.5 Å². The molecule has 2 amide bonds. The number of rotatable bonds is 18. The molecule has 0 bridgehead atoms. The number of hydrazine groups is 1. The zero-order valence-electron chi connectivity index (χ0n) is 24.7. The number of amides is 2. The monoisotopic (exact) mass is 572 g/mol. The maximum atomic E-state index is 12.5. The number of nitrogens with one attached hydrogen (secondary N) is 2. The normalized spacial score (nSPS) is 11.0. The first-order chi connectivity index (χ1) is 20.5. The highest BCUT2D eigenvalue weighted by Crippen LogP contribution is 2.21. The van der Waals surface area contributed by atoms with Crippen molar-refractivity contribution in [3.05, 3.63) is 83.9 Å². The largest absolute Gasteiger partial charge is 0.508 e. The van der Waals surface area contributed by atoms with Gasteiger partial charge in [-0.25, -0.2) is 0 Å². The van der Waals surface area contributed by atoms with Crippen LogP contribution in [0, 0.1) is 0 Å². The first kappa shape index (κ1) is 32.3. The maximum absolute atomic E-state index is 12.5. The summed E-state index contributed by atoms with van der Waals surface area (Å²) < 4.78 is 5.82. The Balaban J connectivity index is 1.27. The van der Waals surface area contributed by atoms with Gasteiger partial charge in [-0.1, -0.05) is 77.6 Å². The number of hydrogen-bond acceptors (Lipinski definition) is 6. The van der Waals surface area contributed by atoms with E-state index >= 15 is 0 Å². The van der Waals surface area contributed by atoms with Crippen LogP contribution in [0.5, 0.6) is 11.5 Å². The van der Waals surface area contributed by atoms with Crippen LogP contribution in [0.4, 0.5) is 11.4 Å². The lowest BCUT2D eigenvalue weighted by atomic mass is 10.1. The van der Waals surface area contributed by atoms with Crippen molar-refractivity contribution < 1.29 is 19.4 Å². The van der Waals surface area contributed by atoms with Gasteiger partial charge in [0.2, 0.25) is 0 Å². The van der Waals surface area contributed by atoms with Crippen LogP contribution in [0.15, 0.2) is 83.0 Å². The lowest BCUT2D eigenvalue weighted by Gasteiger charge is -2.09. The highest BCUT2D eigenvalue weighted by atomic mass is 16.5. The van der Waals surface area contributed by atoms with Crippen molar-refractivity contribution in [2.75, 3.05) is 6.61 Å². The van der Waals surface area contributed by atoms with Gasteiger partial charge in [0.05, 0.1) is 18.0 Å². The number of nitrogens with zero attached hydrogens (tertiary/aromatic N) is 2. The number of aromatic hydroxyl groups is 1. The summed E-state index contributed by atoms with van der Waals surface area (Å²) in [6.45, 7) is 2.92. The zero-order chi connectivity index (χ0) is 29.8. The number of carbonyl (C=O) groups excluding carboxylic acids is 2. The molecule has 0 aliphatic carbocycles. The molecule has 3 aromatic rings. The number of benzene rings is 3. The molecule has 0 aromatic heterocycles. The standard InChI is InChI=1S/C34H44N4O4/c1-2-3-4-5-6-7-8-9-10-11-12-13-26-42-32-24-16-28(17-25-32)34(41)38-37-33(40)27-14-18-29(19-15-27)35-36-30-20-22-31(39)23-21-30/h14-25,39H,2-13,26H2,1H3,(H,37,40)(H,38,41). The Kier molecular flexibility index (Phi) is 14.6. The van der Waals surface area contributed by atoms with Gasteiger partial charge in [-0.2, -0.15) is 10.2 Å². The van der Waals surface area contributed by atoms with E-state index in [1.807, 2.05) is 0 Å². The van der Waals surface area contributed by atoms with Crippen molar-refractivity contribution in [2.24, 2.45) is 10.2 Å². The number of azo groups is 1. The third-order valence-electron chi connectivity index (χ3n) is 6.93. The van der Waals surface area contributed by atoms with E-state index in [2.05, 4.69) is 28.0 Å². The molecule has 0 atom stereocenters. The quantitative estimate of drug-likeness (QED) is 0.0802. The number of unbranched alkanes of at least 4 members (excludes halogenated alkanes) is 11. The summed E-state index contributed by atoms with van der Waals surface area (Å²) in [5.74, 6) is 0.00637. The predicted molar refractivity (Wildman–Crippen MR) is 167 cm³/mol. The van der Waals surface area contributed by atoms with Gasteiger partial charge < -0.3 is 9.84 Å². The highest BCUT2D eigenvalue weighted by Gasteiger charge is 2.10. The van der Waals surface area contributed by atoms with Gasteiger partial charge in [0.25, 0.3) is 11.8 Å². The second-order valence-corrected chi connectivity index (χ2v) is 10.4. The molecule has 3 N–H and O–H groups in total. The van der Waals surface area contributed by atoms with E-state index in [1.54, 1.807) is 60.7 Å². The van der Waals surface area contributed by atoms with Crippen LogP contribution in [0.2, 0.25) is 0 Å². The van der Waals surface area contributed by atoms with Crippen LogP contribution in [0.1, 0.15) is 105 Å². The van der Waals surface area contributed by atoms with Crippen LogP contribution in [-0.2, 0) is 0 Å². The Labute approximate surface area is 249 Å². The van der Waals surface area contributed by atoms with Gasteiger partial charge >= 0.3 is 0 Å². The Hall–Kier alpha value is -4.20. The molecular formula is C34H44N4O4. The summed E-state index contributed by atoms with van der Waals surface area (Å²) in [7, 11) is 0. The SMILES string of the molecule is CCCCCCCCCCCCCCOc1ccc(C(=O)NNC(=O)c2ccc(N=Nc3ccc(O)cc3)cc2)cc1. The summed E-state index contributed by atoms with van der Waals surface area (Å²) in [6, 6.07) is 19.7. The first-order valence-electron chi connectivity index (χ1n) is 15.2. The molecule has 42 heavy (non-hydrogen) atoms. The minimum Gasteiger partial charge on any atom is -0.508 e. The van der Waals surface area contributed by atoms with Crippen LogP contribution in [-0.4, -0.2) is 23.5 Å². The van der Waals surface area contributed by atoms with Crippen molar-refractivity contribution >= 4 is 23.2 Å². The number of hydrogen-bond donors (Lipinski definition) is 3. The molecule has 0 fully saturated rings. The Morgan fingerprint density at radius 2 is 1.00 bits per heavy atom. The summed E-state index contributed by atoms with van der Waals surface area (Å²) >= 11 is 0. The predicted octanol–water partition coefficient (Wildman–Crippen LogP) is 8.96.